The molecule has 0 atom stereocenters. The van der Waals surface area contributed by atoms with E-state index in [2.05, 4.69) is 20.5 Å². The summed E-state index contributed by atoms with van der Waals surface area (Å²) in [6, 6.07) is 38.8. The summed E-state index contributed by atoms with van der Waals surface area (Å²) in [4.78, 5) is 0. The van der Waals surface area contributed by atoms with Crippen LogP contribution >= 0.6 is 0 Å². The first kappa shape index (κ1) is 18.9. The van der Waals surface area contributed by atoms with E-state index in [1.54, 1.807) is 0 Å². The average Bonchev–Trinajstić information content (AvgIpc) is 2.80. The van der Waals surface area contributed by atoms with Crippen molar-refractivity contribution in [3.8, 4) is 0 Å². The average molecular weight is 364 g/mol. The molecule has 136 valence electrons. The Bertz CT molecular complexity index is 816. The van der Waals surface area contributed by atoms with Crippen LogP contribution in [0.15, 0.2) is 142 Å². The topological polar surface area (TPSA) is 49.4 Å². The molecule has 0 bridgehead atoms. The summed E-state index contributed by atoms with van der Waals surface area (Å²) in [6.45, 7) is 0. The summed E-state index contributed by atoms with van der Waals surface area (Å²) in [6.07, 6.45) is 0. The van der Waals surface area contributed by atoms with Crippen LogP contribution in [0, 0.1) is 0 Å². The lowest BCUT2D eigenvalue weighted by Crippen LogP contribution is -1.62. The van der Waals surface area contributed by atoms with Gasteiger partial charge >= 0.3 is 0 Å². The Balaban J connectivity index is 0.000000161. The summed E-state index contributed by atoms with van der Waals surface area (Å²) in [5, 5.41) is 16.4. The van der Waals surface area contributed by atoms with E-state index in [-0.39, 0.29) is 0 Å². The number of hydrogen-bond acceptors (Lipinski definition) is 4. The smallest absolute Gasteiger partial charge is 0.0857 e. The van der Waals surface area contributed by atoms with Gasteiger partial charge in [0.1, 0.15) is 0 Å². The highest BCUT2D eigenvalue weighted by Gasteiger charge is 1.87. The van der Waals surface area contributed by atoms with Crippen molar-refractivity contribution in [1.29, 1.82) is 0 Å². The van der Waals surface area contributed by atoms with E-state index in [9.17, 15) is 0 Å². The largest absolute Gasteiger partial charge is 0.151 e. The molecule has 0 N–H and O–H groups in total. The molecular weight excluding hydrogens is 344 g/mol. The van der Waals surface area contributed by atoms with Crippen LogP contribution < -0.4 is 0 Å². The van der Waals surface area contributed by atoms with Gasteiger partial charge in [-0.1, -0.05) is 72.8 Å². The van der Waals surface area contributed by atoms with Crippen LogP contribution in [-0.4, -0.2) is 0 Å². The molecule has 0 aliphatic rings. The molecule has 4 rings (SSSR count). The van der Waals surface area contributed by atoms with Crippen molar-refractivity contribution in [1.82, 2.24) is 0 Å². The van der Waals surface area contributed by atoms with Crippen molar-refractivity contribution >= 4 is 22.7 Å². The van der Waals surface area contributed by atoms with Crippen LogP contribution in [0.2, 0.25) is 0 Å². The maximum Gasteiger partial charge on any atom is 0.0857 e. The first-order valence-electron chi connectivity index (χ1n) is 8.94. The van der Waals surface area contributed by atoms with Gasteiger partial charge in [-0.25, -0.2) is 0 Å². The van der Waals surface area contributed by atoms with Crippen LogP contribution in [0.4, 0.5) is 22.7 Å². The maximum absolute atomic E-state index is 4.10. The number of azo groups is 2. The third-order valence-electron chi connectivity index (χ3n) is 3.59. The first-order valence-corrected chi connectivity index (χ1v) is 8.94. The van der Waals surface area contributed by atoms with Gasteiger partial charge in [-0.15, -0.1) is 0 Å². The predicted octanol–water partition coefficient (Wildman–Crippen LogP) is 8.20. The molecule has 0 amide bonds. The van der Waals surface area contributed by atoms with Gasteiger partial charge in [0.05, 0.1) is 22.7 Å². The summed E-state index contributed by atoms with van der Waals surface area (Å²) < 4.78 is 0. The zero-order valence-electron chi connectivity index (χ0n) is 15.3. The van der Waals surface area contributed by atoms with Crippen LogP contribution in [0.5, 0.6) is 0 Å². The molecule has 4 nitrogen and oxygen atoms in total. The second-order valence-electron chi connectivity index (χ2n) is 5.74. The fraction of sp³-hybridized carbons (Fsp3) is 0. The Kier molecular flexibility index (Phi) is 7.36. The molecule has 4 aromatic rings. The summed E-state index contributed by atoms with van der Waals surface area (Å²) in [5.74, 6) is 0. The molecule has 0 spiro atoms. The van der Waals surface area contributed by atoms with Crippen LogP contribution in [0.3, 0.4) is 0 Å². The van der Waals surface area contributed by atoms with E-state index >= 15 is 0 Å². The molecule has 0 aliphatic carbocycles. The van der Waals surface area contributed by atoms with E-state index in [1.165, 1.54) is 0 Å². The van der Waals surface area contributed by atoms with Crippen molar-refractivity contribution in [2.75, 3.05) is 0 Å². The Hall–Kier alpha value is -3.92. The highest BCUT2D eigenvalue weighted by Crippen LogP contribution is 2.17. The van der Waals surface area contributed by atoms with Gasteiger partial charge in [0.15, 0.2) is 0 Å². The molecule has 0 aliphatic heterocycles. The highest BCUT2D eigenvalue weighted by atomic mass is 15.1. The summed E-state index contributed by atoms with van der Waals surface area (Å²) in [5.41, 5.74) is 3.49. The van der Waals surface area contributed by atoms with E-state index in [1.807, 2.05) is 121 Å². The van der Waals surface area contributed by atoms with Crippen molar-refractivity contribution in [2.24, 2.45) is 20.5 Å². The number of nitrogens with zero attached hydrogens (tertiary/aromatic N) is 4. The molecule has 0 saturated heterocycles. The third kappa shape index (κ3) is 6.77. The Morgan fingerprint density at radius 1 is 0.250 bits per heavy atom. The van der Waals surface area contributed by atoms with Gasteiger partial charge in [0, 0.05) is 0 Å². The predicted molar refractivity (Wildman–Crippen MR) is 114 cm³/mol. The minimum atomic E-state index is 0.872. The SMILES string of the molecule is c1ccc(/N=N\c2ccccc2)cc1.c1ccc(/N=N\c2ccccc2)cc1. The Morgan fingerprint density at radius 3 is 0.607 bits per heavy atom. The molecule has 0 aromatic heterocycles. The van der Waals surface area contributed by atoms with Crippen molar-refractivity contribution in [3.05, 3.63) is 121 Å². The van der Waals surface area contributed by atoms with Gasteiger partial charge in [-0.05, 0) is 48.5 Å². The normalized spacial score (nSPS) is 10.6. The number of hydrogen-bond donors (Lipinski definition) is 0. The lowest BCUT2D eigenvalue weighted by Gasteiger charge is -1.91. The van der Waals surface area contributed by atoms with Crippen LogP contribution in [-0.2, 0) is 0 Å². The minimum absolute atomic E-state index is 0.872. The first-order chi connectivity index (χ1) is 13.9. The third-order valence-corrected chi connectivity index (χ3v) is 3.59. The molecule has 28 heavy (non-hydrogen) atoms. The molecule has 0 radical (unpaired) electrons. The molecule has 0 saturated carbocycles. The van der Waals surface area contributed by atoms with E-state index in [0.717, 1.165) is 22.7 Å². The van der Waals surface area contributed by atoms with E-state index < -0.39 is 0 Å². The minimum Gasteiger partial charge on any atom is -0.151 e. The van der Waals surface area contributed by atoms with Gasteiger partial charge in [-0.2, -0.15) is 20.5 Å². The lowest BCUT2D eigenvalue weighted by atomic mass is 10.3. The quantitative estimate of drug-likeness (QED) is 0.328. The van der Waals surface area contributed by atoms with Crippen molar-refractivity contribution in [2.45, 2.75) is 0 Å². The van der Waals surface area contributed by atoms with E-state index in [0.29, 0.717) is 0 Å². The van der Waals surface area contributed by atoms with Gasteiger partial charge in [0.2, 0.25) is 0 Å². The number of rotatable bonds is 4. The van der Waals surface area contributed by atoms with Gasteiger partial charge < -0.3 is 0 Å². The molecule has 4 heteroatoms. The monoisotopic (exact) mass is 364 g/mol. The zero-order chi connectivity index (χ0) is 19.3. The standard InChI is InChI=1S/2C12H10N2/c2*1-3-7-11(8-4-1)13-14-12-9-5-2-6-10-12/h2*1-10H/b2*14-13-. The summed E-state index contributed by atoms with van der Waals surface area (Å²) >= 11 is 0. The zero-order valence-corrected chi connectivity index (χ0v) is 15.3. The van der Waals surface area contributed by atoms with Crippen molar-refractivity contribution < 1.29 is 0 Å². The second-order valence-corrected chi connectivity index (χ2v) is 5.74. The fourth-order valence-corrected chi connectivity index (χ4v) is 2.21. The second kappa shape index (κ2) is 10.9. The maximum atomic E-state index is 4.10. The van der Waals surface area contributed by atoms with Crippen LogP contribution in [0.25, 0.3) is 0 Å². The number of benzene rings is 4. The van der Waals surface area contributed by atoms with Crippen LogP contribution in [0.1, 0.15) is 0 Å². The molecule has 0 fully saturated rings. The van der Waals surface area contributed by atoms with Gasteiger partial charge in [0.25, 0.3) is 0 Å². The fourth-order valence-electron chi connectivity index (χ4n) is 2.21. The van der Waals surface area contributed by atoms with E-state index in [4.69, 9.17) is 0 Å². The Labute approximate surface area is 165 Å². The summed E-state index contributed by atoms with van der Waals surface area (Å²) in [7, 11) is 0. The van der Waals surface area contributed by atoms with Gasteiger partial charge in [-0.3, -0.25) is 0 Å². The lowest BCUT2D eigenvalue weighted by molar-refractivity contribution is 1.23. The molecule has 0 heterocycles. The Morgan fingerprint density at radius 2 is 0.429 bits per heavy atom. The molecule has 0 unspecified atom stereocenters. The highest BCUT2D eigenvalue weighted by molar-refractivity contribution is 5.40. The molecule has 4 aromatic carbocycles. The van der Waals surface area contributed by atoms with Crippen molar-refractivity contribution in [3.63, 3.8) is 0 Å². The molecular formula is C24H20N4.